The number of carbonyl (C=O) groups is 1. The van der Waals surface area contributed by atoms with Crippen molar-refractivity contribution in [2.24, 2.45) is 0 Å². The van der Waals surface area contributed by atoms with E-state index in [0.717, 1.165) is 0 Å². The van der Waals surface area contributed by atoms with Crippen molar-refractivity contribution in [3.8, 4) is 11.1 Å². The van der Waals surface area contributed by atoms with Crippen LogP contribution in [0.2, 0.25) is 5.02 Å². The van der Waals surface area contributed by atoms with E-state index in [1.54, 1.807) is 38.1 Å². The molecule has 4 rings (SSSR count). The second-order valence-electron chi connectivity index (χ2n) is 6.77. The minimum absolute atomic E-state index is 0.0157. The molecular formula is C23H21ClN2O5. The van der Waals surface area contributed by atoms with Gasteiger partial charge in [-0.05, 0) is 43.7 Å². The van der Waals surface area contributed by atoms with Gasteiger partial charge in [0, 0.05) is 18.2 Å². The average molecular weight is 441 g/mol. The number of halogens is 1. The Balaban J connectivity index is 1.92. The van der Waals surface area contributed by atoms with E-state index in [9.17, 15) is 9.90 Å². The van der Waals surface area contributed by atoms with Crippen LogP contribution in [0.3, 0.4) is 0 Å². The van der Waals surface area contributed by atoms with E-state index in [2.05, 4.69) is 9.97 Å². The van der Waals surface area contributed by atoms with Crippen LogP contribution in [-0.4, -0.2) is 40.4 Å². The summed E-state index contributed by atoms with van der Waals surface area (Å²) in [7, 11) is 0. The highest BCUT2D eigenvalue weighted by atomic mass is 35.5. The number of furan rings is 1. The van der Waals surface area contributed by atoms with Gasteiger partial charge in [-0.1, -0.05) is 35.9 Å². The fourth-order valence-corrected chi connectivity index (χ4v) is 3.57. The van der Waals surface area contributed by atoms with E-state index in [4.69, 9.17) is 25.5 Å². The molecule has 0 spiro atoms. The number of carbonyl (C=O) groups excluding carboxylic acids is 1. The standard InChI is InChI=1S/C23H21ClN2O5/c1-3-29-23(30-4-2)20(28)19(27)21-17(13-8-7-9-14(24)12-13)18-22(31-21)26-16-11-6-5-10-15(16)25-18/h5-12,19,23,27H,3-4H2,1-2H3. The van der Waals surface area contributed by atoms with Crippen molar-refractivity contribution in [3.63, 3.8) is 0 Å². The topological polar surface area (TPSA) is 94.7 Å². The molecule has 31 heavy (non-hydrogen) atoms. The number of aromatic nitrogens is 2. The molecule has 2 aromatic carbocycles. The molecule has 4 aromatic rings. The number of ether oxygens (including phenoxy) is 2. The molecular weight excluding hydrogens is 420 g/mol. The van der Waals surface area contributed by atoms with Gasteiger partial charge in [0.1, 0.15) is 5.52 Å². The summed E-state index contributed by atoms with van der Waals surface area (Å²) in [6.07, 6.45) is -2.86. The Morgan fingerprint density at radius 2 is 1.74 bits per heavy atom. The van der Waals surface area contributed by atoms with Crippen molar-refractivity contribution in [1.82, 2.24) is 9.97 Å². The van der Waals surface area contributed by atoms with Crippen LogP contribution < -0.4 is 0 Å². The van der Waals surface area contributed by atoms with Gasteiger partial charge in [0.15, 0.2) is 11.9 Å². The molecule has 1 atom stereocenters. The highest BCUT2D eigenvalue weighted by Crippen LogP contribution is 2.38. The molecule has 8 heteroatoms. The second kappa shape index (κ2) is 9.11. The fraction of sp³-hybridized carbons (Fsp3) is 0.261. The lowest BCUT2D eigenvalue weighted by atomic mass is 10.0. The van der Waals surface area contributed by atoms with Gasteiger partial charge >= 0.3 is 0 Å². The molecule has 7 nitrogen and oxygen atoms in total. The summed E-state index contributed by atoms with van der Waals surface area (Å²) in [5.41, 5.74) is 3.01. The number of ketones is 1. The lowest BCUT2D eigenvalue weighted by molar-refractivity contribution is -0.176. The summed E-state index contributed by atoms with van der Waals surface area (Å²) in [6, 6.07) is 14.4. The smallest absolute Gasteiger partial charge is 0.246 e. The molecule has 0 aliphatic rings. The number of rotatable bonds is 8. The van der Waals surface area contributed by atoms with Crippen molar-refractivity contribution in [1.29, 1.82) is 0 Å². The zero-order valence-corrected chi connectivity index (χ0v) is 17.8. The van der Waals surface area contributed by atoms with Gasteiger partial charge in [0.25, 0.3) is 0 Å². The third kappa shape index (κ3) is 4.18. The van der Waals surface area contributed by atoms with Gasteiger partial charge in [0.05, 0.1) is 16.6 Å². The molecule has 0 aliphatic carbocycles. The normalized spacial score (nSPS) is 12.7. The van der Waals surface area contributed by atoms with Crippen molar-refractivity contribution >= 4 is 39.6 Å². The number of fused-ring (bicyclic) bond motifs is 2. The first-order valence-corrected chi connectivity index (χ1v) is 10.3. The Hall–Kier alpha value is -2.84. The van der Waals surface area contributed by atoms with E-state index in [1.165, 1.54) is 0 Å². The van der Waals surface area contributed by atoms with Crippen LogP contribution in [0.4, 0.5) is 0 Å². The summed E-state index contributed by atoms with van der Waals surface area (Å²) < 4.78 is 16.6. The van der Waals surface area contributed by atoms with Crippen LogP contribution in [0.25, 0.3) is 33.4 Å². The Bertz CT molecular complexity index is 1230. The quantitative estimate of drug-likeness (QED) is 0.397. The Kier molecular flexibility index (Phi) is 6.29. The molecule has 0 saturated carbocycles. The van der Waals surface area contributed by atoms with Crippen molar-refractivity contribution in [2.45, 2.75) is 26.2 Å². The lowest BCUT2D eigenvalue weighted by Gasteiger charge is -2.18. The maximum absolute atomic E-state index is 13.0. The van der Waals surface area contributed by atoms with E-state index in [0.29, 0.717) is 32.7 Å². The largest absolute Gasteiger partial charge is 0.437 e. The molecule has 0 aliphatic heterocycles. The first kappa shape index (κ1) is 21.4. The third-order valence-electron chi connectivity index (χ3n) is 4.73. The minimum atomic E-state index is -1.64. The van der Waals surface area contributed by atoms with Crippen LogP contribution >= 0.6 is 11.6 Å². The predicted octanol–water partition coefficient (Wildman–Crippen LogP) is 4.70. The molecule has 2 heterocycles. The maximum Gasteiger partial charge on any atom is 0.246 e. The monoisotopic (exact) mass is 440 g/mol. The van der Waals surface area contributed by atoms with E-state index in [-0.39, 0.29) is 24.7 Å². The molecule has 1 unspecified atom stereocenters. The minimum Gasteiger partial charge on any atom is -0.437 e. The number of aliphatic hydroxyl groups is 1. The second-order valence-corrected chi connectivity index (χ2v) is 7.20. The van der Waals surface area contributed by atoms with Crippen LogP contribution in [-0.2, 0) is 14.3 Å². The van der Waals surface area contributed by atoms with E-state index >= 15 is 0 Å². The predicted molar refractivity (Wildman–Crippen MR) is 117 cm³/mol. The van der Waals surface area contributed by atoms with Crippen molar-refractivity contribution in [3.05, 3.63) is 59.3 Å². The number of hydrogen-bond acceptors (Lipinski definition) is 7. The van der Waals surface area contributed by atoms with Gasteiger partial charge in [0.2, 0.25) is 17.8 Å². The number of hydrogen-bond donors (Lipinski definition) is 1. The number of aliphatic hydroxyl groups excluding tert-OH is 1. The summed E-state index contributed by atoms with van der Waals surface area (Å²) in [5.74, 6) is -0.655. The van der Waals surface area contributed by atoms with Crippen LogP contribution in [0.15, 0.2) is 52.9 Å². The molecule has 1 N–H and O–H groups in total. The number of Topliss-reactive ketones (excluding diaryl/α,β-unsaturated/α-hetero) is 1. The van der Waals surface area contributed by atoms with Crippen molar-refractivity contribution < 1.29 is 23.8 Å². The van der Waals surface area contributed by atoms with Gasteiger partial charge < -0.3 is 19.0 Å². The molecule has 0 bridgehead atoms. The zero-order valence-electron chi connectivity index (χ0n) is 17.0. The molecule has 0 amide bonds. The highest BCUT2D eigenvalue weighted by Gasteiger charge is 2.34. The van der Waals surface area contributed by atoms with Gasteiger partial charge in [-0.25, -0.2) is 9.97 Å². The Morgan fingerprint density at radius 3 is 2.39 bits per heavy atom. The molecule has 0 radical (unpaired) electrons. The molecule has 2 aromatic heterocycles. The SMILES string of the molecule is CCOC(OCC)C(=O)C(O)c1oc2nc3ccccc3nc2c1-c1cccc(Cl)c1. The number of nitrogens with zero attached hydrogens (tertiary/aromatic N) is 2. The van der Waals surface area contributed by atoms with Gasteiger partial charge in [-0.2, -0.15) is 0 Å². The summed E-state index contributed by atoms with van der Waals surface area (Å²) >= 11 is 6.20. The van der Waals surface area contributed by atoms with Crippen LogP contribution in [0, 0.1) is 0 Å². The highest BCUT2D eigenvalue weighted by molar-refractivity contribution is 6.30. The Labute approximate surface area is 183 Å². The number of benzene rings is 2. The van der Waals surface area contributed by atoms with E-state index < -0.39 is 18.2 Å². The van der Waals surface area contributed by atoms with Gasteiger partial charge in [-0.15, -0.1) is 0 Å². The summed E-state index contributed by atoms with van der Waals surface area (Å²) in [6.45, 7) is 3.98. The van der Waals surface area contributed by atoms with Gasteiger partial charge in [-0.3, -0.25) is 4.79 Å². The zero-order chi connectivity index (χ0) is 22.0. The molecule has 160 valence electrons. The summed E-state index contributed by atoms with van der Waals surface area (Å²) in [4.78, 5) is 22.2. The summed E-state index contributed by atoms with van der Waals surface area (Å²) in [5, 5.41) is 11.5. The first-order valence-electron chi connectivity index (χ1n) is 9.93. The van der Waals surface area contributed by atoms with E-state index in [1.807, 2.05) is 24.3 Å². The number of para-hydroxylation sites is 2. The van der Waals surface area contributed by atoms with Crippen LogP contribution in [0.5, 0.6) is 0 Å². The average Bonchev–Trinajstić information content (AvgIpc) is 3.14. The molecule has 0 saturated heterocycles. The van der Waals surface area contributed by atoms with Crippen LogP contribution in [0.1, 0.15) is 25.7 Å². The first-order chi connectivity index (χ1) is 15.0. The Morgan fingerprint density at radius 1 is 1.06 bits per heavy atom. The maximum atomic E-state index is 13.0. The third-order valence-corrected chi connectivity index (χ3v) is 4.96. The fourth-order valence-electron chi connectivity index (χ4n) is 3.38. The lowest BCUT2D eigenvalue weighted by Crippen LogP contribution is -2.32. The van der Waals surface area contributed by atoms with Crippen molar-refractivity contribution in [2.75, 3.05) is 13.2 Å². The molecule has 0 fully saturated rings.